The maximum absolute atomic E-state index is 13.0. The Morgan fingerprint density at radius 3 is 0.519 bits per heavy atom. The van der Waals surface area contributed by atoms with Gasteiger partial charge in [-0.15, -0.1) is 0 Å². The molecule has 8 amide bonds. The molecule has 708 valence electrons. The van der Waals surface area contributed by atoms with Gasteiger partial charge in [0.25, 0.3) is 0 Å². The molecule has 16 N–H and O–H groups in total. The van der Waals surface area contributed by atoms with E-state index in [0.717, 1.165) is 59.7 Å². The molecule has 0 aliphatic rings. The standard InChI is InChI=1S/C94H94N8O33/c103-83(104)75-17-13-67(47-79(75)87(111)112)99-91(119)95-63-5-1-9-71(43-63)132-53-59-37-57(38-60(41-59)54-133-72-10-2-6-64(44-72)96-92(120)100-68-14-18-76(84(105)106)80(48-68)88(113)114)51-130-35-33-128-31-29-126-27-25-124-23-21-123-22-24-125-26-28-127-30-32-129-34-36-131-52-58-39-61(55-134-73-11-3-7-65(45-73)97-93(121)101-69-15-19-77(85(107)108)81(49-69)89(115)116)42-62(40-58)56-135-74-12-4-8-66(46-74)98-94(122)102-70-16-20-78(86(109)110)82(50-70)90(117)118/h1-20,37-50H,21-36,51-56H2,(H,103,104)(H,105,106)(H,107,108)(H,109,110)(H,111,112)(H,113,114)(H,115,116)(H,117,118)(H2,95,99,119)(H2,96,100,120)(H2,97,101,121)(H2,98,102,122). The lowest BCUT2D eigenvalue weighted by Crippen LogP contribution is -2.20. The summed E-state index contributed by atoms with van der Waals surface area (Å²) in [5.74, 6) is -10.3. The topological polar surface area (TPSA) is 583 Å². The van der Waals surface area contributed by atoms with Gasteiger partial charge in [-0.05, 0) is 167 Å². The van der Waals surface area contributed by atoms with Gasteiger partial charge in [-0.1, -0.05) is 48.5 Å². The number of urea groups is 4. The summed E-state index contributed by atoms with van der Waals surface area (Å²) in [7, 11) is 0. The number of benzene rings is 10. The van der Waals surface area contributed by atoms with E-state index in [1.165, 1.54) is 24.3 Å². The zero-order valence-corrected chi connectivity index (χ0v) is 72.0. The molecule has 0 saturated carbocycles. The molecule has 41 heteroatoms. The summed E-state index contributed by atoms with van der Waals surface area (Å²) in [6.07, 6.45) is 0. The van der Waals surface area contributed by atoms with E-state index in [-0.39, 0.29) is 88.8 Å². The van der Waals surface area contributed by atoms with Crippen LogP contribution in [0.4, 0.5) is 64.7 Å². The number of nitrogens with one attached hydrogen (secondary N) is 8. The van der Waals surface area contributed by atoms with Crippen molar-refractivity contribution in [1.29, 1.82) is 0 Å². The third-order valence-corrected chi connectivity index (χ3v) is 18.7. The number of carbonyl (C=O) groups is 12. The molecular formula is C94H94N8O33. The van der Waals surface area contributed by atoms with Gasteiger partial charge < -0.3 is 145 Å². The zero-order valence-electron chi connectivity index (χ0n) is 72.0. The highest BCUT2D eigenvalue weighted by Gasteiger charge is 2.23. The molecule has 0 aliphatic heterocycles. The smallest absolute Gasteiger partial charge is 0.336 e. The van der Waals surface area contributed by atoms with Crippen molar-refractivity contribution in [2.45, 2.75) is 39.6 Å². The fraction of sp³-hybridized carbons (Fsp3) is 0.234. The molecule has 10 aromatic carbocycles. The summed E-state index contributed by atoms with van der Waals surface area (Å²) in [5.41, 5.74) is 1.89. The molecule has 0 spiro atoms. The second kappa shape index (κ2) is 52.7. The number of carboxylic acid groups (broad SMARTS) is 8. The summed E-state index contributed by atoms with van der Waals surface area (Å²) in [6.45, 7) is 5.32. The van der Waals surface area contributed by atoms with Crippen molar-refractivity contribution in [2.24, 2.45) is 0 Å². The third-order valence-electron chi connectivity index (χ3n) is 18.7. The van der Waals surface area contributed by atoms with Gasteiger partial charge in [0.1, 0.15) is 49.4 Å². The van der Waals surface area contributed by atoms with Crippen molar-refractivity contribution < 1.29 is 160 Å². The molecular weight excluding hydrogens is 1770 g/mol. The Labute approximate surface area is 769 Å². The monoisotopic (exact) mass is 1860 g/mol. The van der Waals surface area contributed by atoms with Crippen LogP contribution in [0.5, 0.6) is 23.0 Å². The summed E-state index contributed by atoms with van der Waals surface area (Å²) in [6, 6.07) is 47.6. The molecule has 10 aromatic rings. The number of carboxylic acids is 8. The summed E-state index contributed by atoms with van der Waals surface area (Å²) < 4.78 is 76.3. The quantitative estimate of drug-likeness (QED) is 0.0157. The number of hydrogen-bond donors (Lipinski definition) is 16. The van der Waals surface area contributed by atoms with Crippen molar-refractivity contribution in [1.82, 2.24) is 0 Å². The lowest BCUT2D eigenvalue weighted by atomic mass is 10.1. The van der Waals surface area contributed by atoms with Crippen LogP contribution in [0.1, 0.15) is 116 Å². The van der Waals surface area contributed by atoms with E-state index in [9.17, 15) is 98.4 Å². The first-order valence-electron chi connectivity index (χ1n) is 41.2. The number of hydrogen-bond acceptors (Lipinski definition) is 25. The van der Waals surface area contributed by atoms with E-state index in [1.54, 1.807) is 97.1 Å². The fourth-order valence-electron chi connectivity index (χ4n) is 12.7. The molecule has 10 rings (SSSR count). The maximum Gasteiger partial charge on any atom is 0.336 e. The SMILES string of the molecule is O=C(Nc1cccc(OCc2cc(COCCOCCOCCOCCOCCOCCOCCOCCOCc3cc(COc4cccc(NC(=O)Nc5ccc(C(=O)O)c(C(=O)O)c5)c4)cc(COc4cccc(NC(=O)Nc5ccc(C(=O)O)c(C(=O)O)c5)c4)c3)cc(COc3cccc(NC(=O)Nc4ccc(C(=O)O)c(C(=O)O)c4)c3)c2)c1)Nc1ccc(C(=O)O)c(C(=O)O)c1. The van der Waals surface area contributed by atoms with Gasteiger partial charge in [0.15, 0.2) is 0 Å². The first-order valence-corrected chi connectivity index (χ1v) is 41.2. The predicted molar refractivity (Wildman–Crippen MR) is 483 cm³/mol. The normalized spacial score (nSPS) is 10.8. The summed E-state index contributed by atoms with van der Waals surface area (Å²) in [4.78, 5) is 145. The van der Waals surface area contributed by atoms with Crippen LogP contribution in [0.25, 0.3) is 0 Å². The Balaban J connectivity index is 0.587. The average molecular weight is 1860 g/mol. The molecule has 0 aliphatic carbocycles. The molecule has 0 fully saturated rings. The van der Waals surface area contributed by atoms with Gasteiger partial charge in [0.2, 0.25) is 0 Å². The summed E-state index contributed by atoms with van der Waals surface area (Å²) in [5, 5.41) is 96.2. The molecule has 0 heterocycles. The highest BCUT2D eigenvalue weighted by atomic mass is 16.6. The number of aromatic carboxylic acids is 8. The molecule has 0 aromatic heterocycles. The van der Waals surface area contributed by atoms with Crippen molar-refractivity contribution in [2.75, 3.05) is 148 Å². The van der Waals surface area contributed by atoms with Crippen molar-refractivity contribution >= 4 is 117 Å². The van der Waals surface area contributed by atoms with E-state index in [2.05, 4.69) is 42.5 Å². The third kappa shape index (κ3) is 34.6. The Hall–Kier alpha value is -16.1. The lowest BCUT2D eigenvalue weighted by molar-refractivity contribution is -0.0257. The van der Waals surface area contributed by atoms with Gasteiger partial charge in [0.05, 0.1) is 163 Å². The predicted octanol–water partition coefficient (Wildman–Crippen LogP) is 14.0. The second-order valence-corrected chi connectivity index (χ2v) is 28.8. The number of carbonyl (C=O) groups excluding carboxylic acids is 4. The largest absolute Gasteiger partial charge is 0.489 e. The molecule has 0 saturated heterocycles. The van der Waals surface area contributed by atoms with E-state index < -0.39 is 116 Å². The molecule has 41 nitrogen and oxygen atoms in total. The van der Waals surface area contributed by atoms with Crippen LogP contribution in [0.3, 0.4) is 0 Å². The first kappa shape index (κ1) is 101. The minimum absolute atomic E-state index is 0.0370. The van der Waals surface area contributed by atoms with Crippen LogP contribution in [-0.4, -0.2) is 218 Å². The van der Waals surface area contributed by atoms with Gasteiger partial charge in [0, 0.05) is 69.8 Å². The van der Waals surface area contributed by atoms with Crippen molar-refractivity contribution in [3.63, 3.8) is 0 Å². The first-order chi connectivity index (χ1) is 65.1. The molecule has 0 unspecified atom stereocenters. The van der Waals surface area contributed by atoms with Gasteiger partial charge in [-0.3, -0.25) is 0 Å². The van der Waals surface area contributed by atoms with Crippen LogP contribution < -0.4 is 61.5 Å². The maximum atomic E-state index is 13.0. The lowest BCUT2D eigenvalue weighted by Gasteiger charge is -2.14. The average Bonchev–Trinajstić information content (AvgIpc) is 0.846. The van der Waals surface area contributed by atoms with Gasteiger partial charge in [-0.2, -0.15) is 0 Å². The molecule has 0 atom stereocenters. The Kier molecular flexibility index (Phi) is 39.4. The molecule has 0 bridgehead atoms. The number of ether oxygens (including phenoxy) is 13. The number of amides is 8. The molecule has 135 heavy (non-hydrogen) atoms. The Morgan fingerprint density at radius 2 is 0.341 bits per heavy atom. The minimum Gasteiger partial charge on any atom is -0.489 e. The van der Waals surface area contributed by atoms with E-state index >= 15 is 0 Å². The van der Waals surface area contributed by atoms with Gasteiger partial charge >= 0.3 is 71.9 Å². The fourth-order valence-corrected chi connectivity index (χ4v) is 12.7. The number of rotatable bonds is 56. The number of anilines is 8. The van der Waals surface area contributed by atoms with Crippen molar-refractivity contribution in [3.8, 4) is 23.0 Å². The van der Waals surface area contributed by atoms with Crippen LogP contribution in [0.15, 0.2) is 206 Å². The summed E-state index contributed by atoms with van der Waals surface area (Å²) >= 11 is 0. The van der Waals surface area contributed by atoms with Gasteiger partial charge in [-0.25, -0.2) is 57.5 Å². The minimum atomic E-state index is -1.49. The Bertz CT molecular complexity index is 5190. The highest BCUT2D eigenvalue weighted by molar-refractivity contribution is 6.09. The van der Waals surface area contributed by atoms with Crippen LogP contribution in [0, 0.1) is 0 Å². The second-order valence-electron chi connectivity index (χ2n) is 28.8. The van der Waals surface area contributed by atoms with Crippen molar-refractivity contribution in [3.05, 3.63) is 284 Å². The van der Waals surface area contributed by atoms with Crippen LogP contribution in [-0.2, 0) is 82.3 Å². The van der Waals surface area contributed by atoms with E-state index in [0.29, 0.717) is 147 Å². The highest BCUT2D eigenvalue weighted by Crippen LogP contribution is 2.29. The molecule has 0 radical (unpaired) electrons. The van der Waals surface area contributed by atoms with Crippen LogP contribution >= 0.6 is 0 Å². The van der Waals surface area contributed by atoms with Crippen LogP contribution in [0.2, 0.25) is 0 Å². The Morgan fingerprint density at radius 1 is 0.178 bits per heavy atom. The zero-order chi connectivity index (χ0) is 96.4. The van der Waals surface area contributed by atoms with E-state index in [1.807, 2.05) is 36.4 Å². The van der Waals surface area contributed by atoms with E-state index in [4.69, 9.17) is 61.6 Å².